The van der Waals surface area contributed by atoms with Gasteiger partial charge in [-0.1, -0.05) is 24.6 Å². The highest BCUT2D eigenvalue weighted by molar-refractivity contribution is 6.00. The summed E-state index contributed by atoms with van der Waals surface area (Å²) in [5, 5.41) is 7.52. The minimum Gasteiger partial charge on any atom is -0.305 e. The van der Waals surface area contributed by atoms with Gasteiger partial charge in [-0.05, 0) is 18.9 Å². The summed E-state index contributed by atoms with van der Waals surface area (Å²) in [4.78, 5) is 0. The van der Waals surface area contributed by atoms with E-state index in [0.717, 1.165) is 18.6 Å². The monoisotopic (exact) mass is 135 g/mol. The van der Waals surface area contributed by atoms with E-state index in [4.69, 9.17) is 5.41 Å². The molecule has 0 heterocycles. The van der Waals surface area contributed by atoms with Gasteiger partial charge in [-0.2, -0.15) is 0 Å². The summed E-state index contributed by atoms with van der Waals surface area (Å²) in [6.07, 6.45) is 6.02. The lowest BCUT2D eigenvalue weighted by atomic mass is 9.97. The summed E-state index contributed by atoms with van der Waals surface area (Å²) >= 11 is 0. The molecule has 1 aliphatic carbocycles. The average molecular weight is 135 g/mol. The second-order valence-electron chi connectivity index (χ2n) is 2.65. The van der Waals surface area contributed by atoms with Gasteiger partial charge in [0.1, 0.15) is 0 Å². The zero-order valence-corrected chi connectivity index (χ0v) is 6.57. The standard InChI is InChI=1S/C9H13N/c1-3-8-6-7(2)4-5-9(8)10/h4,6,10H,3,5H2,1-2H3. The molecule has 0 saturated carbocycles. The number of hydrogen-bond acceptors (Lipinski definition) is 1. The smallest absolute Gasteiger partial charge is 0.0383 e. The molecule has 1 aliphatic rings. The maximum atomic E-state index is 7.52. The highest BCUT2D eigenvalue weighted by atomic mass is 14.4. The fraction of sp³-hybridized carbons (Fsp3) is 0.444. The molecule has 0 aromatic carbocycles. The third-order valence-corrected chi connectivity index (χ3v) is 1.80. The van der Waals surface area contributed by atoms with Crippen molar-refractivity contribution in [3.05, 3.63) is 23.3 Å². The van der Waals surface area contributed by atoms with Gasteiger partial charge in [0, 0.05) is 12.1 Å². The van der Waals surface area contributed by atoms with Gasteiger partial charge in [-0.15, -0.1) is 0 Å². The molecule has 54 valence electrons. The third kappa shape index (κ3) is 1.35. The van der Waals surface area contributed by atoms with E-state index < -0.39 is 0 Å². The molecule has 0 amide bonds. The minimum absolute atomic E-state index is 0.785. The van der Waals surface area contributed by atoms with Gasteiger partial charge in [-0.3, -0.25) is 0 Å². The van der Waals surface area contributed by atoms with Crippen LogP contribution < -0.4 is 0 Å². The molecule has 0 aliphatic heterocycles. The van der Waals surface area contributed by atoms with Crippen molar-refractivity contribution in [1.29, 1.82) is 5.41 Å². The van der Waals surface area contributed by atoms with Crippen molar-refractivity contribution < 1.29 is 0 Å². The summed E-state index contributed by atoms with van der Waals surface area (Å²) < 4.78 is 0. The van der Waals surface area contributed by atoms with Crippen LogP contribution in [-0.2, 0) is 0 Å². The predicted molar refractivity (Wildman–Crippen MR) is 44.5 cm³/mol. The highest BCUT2D eigenvalue weighted by Gasteiger charge is 2.05. The van der Waals surface area contributed by atoms with E-state index in [9.17, 15) is 0 Å². The third-order valence-electron chi connectivity index (χ3n) is 1.80. The lowest BCUT2D eigenvalue weighted by molar-refractivity contribution is 1.12. The zero-order valence-electron chi connectivity index (χ0n) is 6.57. The van der Waals surface area contributed by atoms with E-state index >= 15 is 0 Å². The van der Waals surface area contributed by atoms with E-state index in [1.807, 2.05) is 0 Å². The van der Waals surface area contributed by atoms with Gasteiger partial charge in [0.25, 0.3) is 0 Å². The molecule has 10 heavy (non-hydrogen) atoms. The number of hydrogen-bond donors (Lipinski definition) is 1. The van der Waals surface area contributed by atoms with E-state index in [0.29, 0.717) is 0 Å². The Morgan fingerprint density at radius 3 is 2.80 bits per heavy atom. The van der Waals surface area contributed by atoms with Crippen LogP contribution in [0.3, 0.4) is 0 Å². The Hall–Kier alpha value is -0.850. The van der Waals surface area contributed by atoms with Crippen LogP contribution in [0, 0.1) is 5.41 Å². The molecule has 0 bridgehead atoms. The molecule has 0 unspecified atom stereocenters. The van der Waals surface area contributed by atoms with Crippen LogP contribution in [0.15, 0.2) is 23.3 Å². The molecule has 0 aromatic heterocycles. The second-order valence-corrected chi connectivity index (χ2v) is 2.65. The van der Waals surface area contributed by atoms with Crippen LogP contribution in [-0.4, -0.2) is 5.71 Å². The summed E-state index contributed by atoms with van der Waals surface area (Å²) in [6.45, 7) is 4.18. The number of allylic oxidation sites excluding steroid dienone is 4. The van der Waals surface area contributed by atoms with Crippen LogP contribution in [0.25, 0.3) is 0 Å². The molecule has 0 aromatic rings. The Bertz CT molecular complexity index is 209. The van der Waals surface area contributed by atoms with Crippen LogP contribution in [0.5, 0.6) is 0 Å². The molecule has 0 atom stereocenters. The van der Waals surface area contributed by atoms with Crippen molar-refractivity contribution in [1.82, 2.24) is 0 Å². The SMILES string of the molecule is CCC1=CC(C)=CCC1=N. The Morgan fingerprint density at radius 1 is 1.60 bits per heavy atom. The van der Waals surface area contributed by atoms with Gasteiger partial charge in [0.15, 0.2) is 0 Å². The van der Waals surface area contributed by atoms with Crippen LogP contribution >= 0.6 is 0 Å². The van der Waals surface area contributed by atoms with Crippen molar-refractivity contribution >= 4 is 5.71 Å². The number of rotatable bonds is 1. The lowest BCUT2D eigenvalue weighted by Crippen LogP contribution is -2.03. The largest absolute Gasteiger partial charge is 0.305 e. The topological polar surface area (TPSA) is 23.9 Å². The first kappa shape index (κ1) is 7.26. The van der Waals surface area contributed by atoms with Crippen molar-refractivity contribution in [2.45, 2.75) is 26.7 Å². The number of nitrogens with one attached hydrogen (secondary N) is 1. The fourth-order valence-electron chi connectivity index (χ4n) is 1.13. The quantitative estimate of drug-likeness (QED) is 0.571. The maximum absolute atomic E-state index is 7.52. The van der Waals surface area contributed by atoms with E-state index in [2.05, 4.69) is 26.0 Å². The first-order valence-electron chi connectivity index (χ1n) is 3.69. The average Bonchev–Trinajstić information content (AvgIpc) is 1.94. The fourth-order valence-corrected chi connectivity index (χ4v) is 1.13. The Labute approximate surface area is 62.0 Å². The molecular weight excluding hydrogens is 122 g/mol. The molecule has 1 N–H and O–H groups in total. The van der Waals surface area contributed by atoms with Crippen LogP contribution in [0.2, 0.25) is 0 Å². The van der Waals surface area contributed by atoms with E-state index in [1.54, 1.807) is 0 Å². The maximum Gasteiger partial charge on any atom is 0.0383 e. The normalized spacial score (nSPS) is 18.4. The van der Waals surface area contributed by atoms with Gasteiger partial charge in [0.05, 0.1) is 0 Å². The van der Waals surface area contributed by atoms with Crippen molar-refractivity contribution in [3.63, 3.8) is 0 Å². The first-order chi connectivity index (χ1) is 4.74. The molecule has 0 spiro atoms. The van der Waals surface area contributed by atoms with Gasteiger partial charge in [0.2, 0.25) is 0 Å². The molecule has 0 radical (unpaired) electrons. The molecule has 1 nitrogen and oxygen atoms in total. The molecule has 1 rings (SSSR count). The van der Waals surface area contributed by atoms with E-state index in [-0.39, 0.29) is 0 Å². The van der Waals surface area contributed by atoms with Crippen molar-refractivity contribution in [3.8, 4) is 0 Å². The van der Waals surface area contributed by atoms with Gasteiger partial charge in [-0.25, -0.2) is 0 Å². The lowest BCUT2D eigenvalue weighted by Gasteiger charge is -2.10. The minimum atomic E-state index is 0.785. The first-order valence-corrected chi connectivity index (χ1v) is 3.69. The predicted octanol–water partition coefficient (Wildman–Crippen LogP) is 2.69. The second kappa shape index (κ2) is 2.82. The Morgan fingerprint density at radius 2 is 2.30 bits per heavy atom. The summed E-state index contributed by atoms with van der Waals surface area (Å²) in [7, 11) is 0. The van der Waals surface area contributed by atoms with Gasteiger partial charge < -0.3 is 5.41 Å². The highest BCUT2D eigenvalue weighted by Crippen LogP contribution is 2.15. The Balaban J connectivity index is 2.83. The van der Waals surface area contributed by atoms with Crippen molar-refractivity contribution in [2.75, 3.05) is 0 Å². The Kier molecular flexibility index (Phi) is 2.05. The molecular formula is C9H13N. The van der Waals surface area contributed by atoms with E-state index in [1.165, 1.54) is 11.1 Å². The molecule has 1 heteroatoms. The van der Waals surface area contributed by atoms with Crippen LogP contribution in [0.1, 0.15) is 26.7 Å². The zero-order chi connectivity index (χ0) is 7.56. The van der Waals surface area contributed by atoms with Crippen LogP contribution in [0.4, 0.5) is 0 Å². The molecule has 0 saturated heterocycles. The molecule has 0 fully saturated rings. The summed E-state index contributed by atoms with van der Waals surface area (Å²) in [5.74, 6) is 0. The summed E-state index contributed by atoms with van der Waals surface area (Å²) in [5.41, 5.74) is 3.28. The summed E-state index contributed by atoms with van der Waals surface area (Å²) in [6, 6.07) is 0. The van der Waals surface area contributed by atoms with Crippen molar-refractivity contribution in [2.24, 2.45) is 0 Å². The van der Waals surface area contributed by atoms with Gasteiger partial charge >= 0.3 is 0 Å².